The molecule has 0 bridgehead atoms. The zero-order chi connectivity index (χ0) is 14.0. The van der Waals surface area contributed by atoms with Gasteiger partial charge in [-0.2, -0.15) is 0 Å². The Morgan fingerprint density at radius 3 is 2.84 bits per heavy atom. The van der Waals surface area contributed by atoms with Gasteiger partial charge in [0.05, 0.1) is 15.7 Å². The average Bonchev–Trinajstić information content (AvgIpc) is 2.33. The molecule has 0 aliphatic carbocycles. The number of carbonyl (C=O) groups is 1. The number of aromatic carboxylic acids is 1. The van der Waals surface area contributed by atoms with Crippen molar-refractivity contribution in [3.63, 3.8) is 0 Å². The Morgan fingerprint density at radius 1 is 1.47 bits per heavy atom. The van der Waals surface area contributed by atoms with Crippen LogP contribution in [0.15, 0.2) is 34.9 Å². The minimum atomic E-state index is -1.16. The molecule has 0 spiro atoms. The number of aromatic nitrogens is 1. The van der Waals surface area contributed by atoms with Gasteiger partial charge in [0.15, 0.2) is 0 Å². The van der Waals surface area contributed by atoms with Crippen molar-refractivity contribution in [1.29, 1.82) is 0 Å². The van der Waals surface area contributed by atoms with E-state index in [1.54, 1.807) is 12.1 Å². The summed E-state index contributed by atoms with van der Waals surface area (Å²) in [6.07, 6.45) is 1.40. The van der Waals surface area contributed by atoms with Crippen LogP contribution in [-0.2, 0) is 0 Å². The highest BCUT2D eigenvalue weighted by Crippen LogP contribution is 2.32. The molecule has 5 nitrogen and oxygen atoms in total. The third-order valence-corrected chi connectivity index (χ3v) is 3.21. The van der Waals surface area contributed by atoms with Gasteiger partial charge in [0.2, 0.25) is 0 Å². The van der Waals surface area contributed by atoms with Crippen LogP contribution in [0.1, 0.15) is 10.4 Å². The van der Waals surface area contributed by atoms with Gasteiger partial charge in [-0.3, -0.25) is 0 Å². The van der Waals surface area contributed by atoms with Crippen LogP contribution in [0.25, 0.3) is 0 Å². The quantitative estimate of drug-likeness (QED) is 0.890. The number of pyridine rings is 1. The molecule has 0 atom stereocenters. The second-order valence-electron chi connectivity index (χ2n) is 3.56. The van der Waals surface area contributed by atoms with Gasteiger partial charge in [-0.15, -0.1) is 0 Å². The van der Waals surface area contributed by atoms with E-state index >= 15 is 0 Å². The summed E-state index contributed by atoms with van der Waals surface area (Å²) in [7, 11) is 0. The number of hydrogen-bond acceptors (Lipinski definition) is 4. The van der Waals surface area contributed by atoms with Crippen molar-refractivity contribution in [2.45, 2.75) is 0 Å². The lowest BCUT2D eigenvalue weighted by Gasteiger charge is -2.10. The first-order valence-corrected chi connectivity index (χ1v) is 6.27. The van der Waals surface area contributed by atoms with Gasteiger partial charge >= 0.3 is 5.97 Å². The number of rotatable bonds is 3. The zero-order valence-electron chi connectivity index (χ0n) is 9.43. The van der Waals surface area contributed by atoms with Crippen molar-refractivity contribution >= 4 is 39.3 Å². The Kier molecular flexibility index (Phi) is 3.92. The van der Waals surface area contributed by atoms with Crippen molar-refractivity contribution in [1.82, 2.24) is 4.98 Å². The van der Waals surface area contributed by atoms with E-state index in [0.717, 1.165) is 0 Å². The van der Waals surface area contributed by atoms with Gasteiger partial charge in [0, 0.05) is 6.07 Å². The van der Waals surface area contributed by atoms with Crippen LogP contribution in [0.3, 0.4) is 0 Å². The molecule has 0 aliphatic rings. The average molecular weight is 344 g/mol. The molecule has 0 radical (unpaired) electrons. The number of ether oxygens (including phenoxy) is 1. The van der Waals surface area contributed by atoms with Crippen LogP contribution in [0, 0.1) is 0 Å². The third kappa shape index (κ3) is 2.97. The molecule has 0 fully saturated rings. The number of hydrogen-bond donors (Lipinski definition) is 2. The van der Waals surface area contributed by atoms with E-state index in [2.05, 4.69) is 20.9 Å². The Labute approximate surface area is 122 Å². The molecular weight excluding hydrogens is 335 g/mol. The monoisotopic (exact) mass is 342 g/mol. The summed E-state index contributed by atoms with van der Waals surface area (Å²) in [5.41, 5.74) is 5.46. The first kappa shape index (κ1) is 13.6. The maximum atomic E-state index is 11.1. The van der Waals surface area contributed by atoms with E-state index < -0.39 is 5.97 Å². The summed E-state index contributed by atoms with van der Waals surface area (Å²) in [6, 6.07) is 6.19. The fraction of sp³-hybridized carbons (Fsp3) is 0. The van der Waals surface area contributed by atoms with Crippen molar-refractivity contribution < 1.29 is 14.6 Å². The maximum absolute atomic E-state index is 11.1. The van der Waals surface area contributed by atoms with Crippen LogP contribution in [-0.4, -0.2) is 16.1 Å². The molecule has 2 rings (SSSR count). The zero-order valence-corrected chi connectivity index (χ0v) is 11.8. The predicted molar refractivity (Wildman–Crippen MR) is 74.8 cm³/mol. The van der Waals surface area contributed by atoms with E-state index in [9.17, 15) is 4.79 Å². The molecule has 0 amide bonds. The molecule has 1 aromatic carbocycles. The fourth-order valence-electron chi connectivity index (χ4n) is 1.41. The van der Waals surface area contributed by atoms with Gasteiger partial charge < -0.3 is 15.6 Å². The van der Waals surface area contributed by atoms with Gasteiger partial charge in [0.1, 0.15) is 22.9 Å². The van der Waals surface area contributed by atoms with E-state index in [1.807, 2.05) is 0 Å². The predicted octanol–water partition coefficient (Wildman–Crippen LogP) is 3.57. The van der Waals surface area contributed by atoms with Gasteiger partial charge in [0.25, 0.3) is 0 Å². The van der Waals surface area contributed by atoms with E-state index in [-0.39, 0.29) is 16.3 Å². The third-order valence-electron chi connectivity index (χ3n) is 2.26. The van der Waals surface area contributed by atoms with Crippen molar-refractivity contribution in [3.8, 4) is 11.5 Å². The molecule has 0 aliphatic heterocycles. The number of carboxylic acids is 1. The first-order valence-electron chi connectivity index (χ1n) is 5.09. The molecule has 0 saturated carbocycles. The van der Waals surface area contributed by atoms with Gasteiger partial charge in [-0.25, -0.2) is 9.78 Å². The minimum absolute atomic E-state index is 0.0999. The Balaban J connectivity index is 2.40. The normalized spacial score (nSPS) is 10.2. The molecule has 0 unspecified atom stereocenters. The van der Waals surface area contributed by atoms with E-state index in [1.165, 1.54) is 18.3 Å². The molecule has 3 N–H and O–H groups in total. The highest BCUT2D eigenvalue weighted by atomic mass is 79.9. The maximum Gasteiger partial charge on any atom is 0.341 e. The lowest BCUT2D eigenvalue weighted by atomic mass is 10.2. The highest BCUT2D eigenvalue weighted by molar-refractivity contribution is 9.10. The van der Waals surface area contributed by atoms with Crippen LogP contribution >= 0.6 is 27.5 Å². The fourth-order valence-corrected chi connectivity index (χ4v) is 1.99. The topological polar surface area (TPSA) is 85.4 Å². The van der Waals surface area contributed by atoms with Crippen LogP contribution in [0.4, 0.5) is 5.82 Å². The SMILES string of the molecule is Nc1ncc(Oc2cccc(Cl)c2C(=O)O)cc1Br. The van der Waals surface area contributed by atoms with Crippen LogP contribution in [0.5, 0.6) is 11.5 Å². The number of benzene rings is 1. The molecular formula is C12H8BrClN2O3. The summed E-state index contributed by atoms with van der Waals surface area (Å²) in [6.45, 7) is 0. The van der Waals surface area contributed by atoms with Gasteiger partial charge in [-0.1, -0.05) is 17.7 Å². The van der Waals surface area contributed by atoms with E-state index in [0.29, 0.717) is 16.0 Å². The Hall–Kier alpha value is -1.79. The van der Waals surface area contributed by atoms with Crippen molar-refractivity contribution in [2.75, 3.05) is 5.73 Å². The molecule has 1 aromatic heterocycles. The molecule has 0 saturated heterocycles. The molecule has 1 heterocycles. The highest BCUT2D eigenvalue weighted by Gasteiger charge is 2.16. The van der Waals surface area contributed by atoms with Crippen molar-refractivity contribution in [3.05, 3.63) is 45.5 Å². The second-order valence-corrected chi connectivity index (χ2v) is 4.82. The number of nitrogens with zero attached hydrogens (tertiary/aromatic N) is 1. The first-order chi connectivity index (χ1) is 8.99. The largest absolute Gasteiger partial charge is 0.478 e. The van der Waals surface area contributed by atoms with Gasteiger partial charge in [-0.05, 0) is 28.1 Å². The molecule has 2 aromatic rings. The number of carboxylic acid groups (broad SMARTS) is 1. The summed E-state index contributed by atoms with van der Waals surface area (Å²) in [5, 5.41) is 9.22. The summed E-state index contributed by atoms with van der Waals surface area (Å²) >= 11 is 9.05. The second kappa shape index (κ2) is 5.46. The summed E-state index contributed by atoms with van der Waals surface area (Å²) in [4.78, 5) is 15.0. The molecule has 19 heavy (non-hydrogen) atoms. The number of nitrogens with two attached hydrogens (primary N) is 1. The van der Waals surface area contributed by atoms with E-state index in [4.69, 9.17) is 27.2 Å². The Bertz CT molecular complexity index is 649. The number of halogens is 2. The molecule has 7 heteroatoms. The number of nitrogen functional groups attached to an aromatic ring is 1. The van der Waals surface area contributed by atoms with Crippen LogP contribution < -0.4 is 10.5 Å². The standard InChI is InChI=1S/C12H8BrClN2O3/c13-7-4-6(5-16-11(7)15)19-9-3-1-2-8(14)10(9)12(17)18/h1-5H,(H2,15,16)(H,17,18). The smallest absolute Gasteiger partial charge is 0.341 e. The Morgan fingerprint density at radius 2 is 2.21 bits per heavy atom. The number of anilines is 1. The van der Waals surface area contributed by atoms with Crippen molar-refractivity contribution in [2.24, 2.45) is 0 Å². The molecule has 98 valence electrons. The summed E-state index contributed by atoms with van der Waals surface area (Å²) < 4.78 is 6.03. The lowest BCUT2D eigenvalue weighted by molar-refractivity contribution is 0.0694. The van der Waals surface area contributed by atoms with Crippen LogP contribution in [0.2, 0.25) is 5.02 Å². The minimum Gasteiger partial charge on any atom is -0.478 e. The lowest BCUT2D eigenvalue weighted by Crippen LogP contribution is -2.01. The summed E-state index contributed by atoms with van der Waals surface area (Å²) in [5.74, 6) is -0.357.